The van der Waals surface area contributed by atoms with Gasteiger partial charge in [0.1, 0.15) is 0 Å². The fourth-order valence-corrected chi connectivity index (χ4v) is 10.1. The molecule has 0 N–H and O–H groups in total. The Labute approximate surface area is 308 Å². The summed E-state index contributed by atoms with van der Waals surface area (Å²) < 4.78 is 28.8. The van der Waals surface area contributed by atoms with Crippen LogP contribution >= 0.6 is 103 Å². The van der Waals surface area contributed by atoms with Gasteiger partial charge >= 0.3 is 0 Å². The molecule has 2 unspecified atom stereocenters. The molecule has 0 fully saturated rings. The summed E-state index contributed by atoms with van der Waals surface area (Å²) in [4.78, 5) is 20.7. The maximum atomic E-state index is 13.9. The van der Waals surface area contributed by atoms with Gasteiger partial charge in [0.05, 0.1) is 76.6 Å². The number of hydrogen-bond acceptors (Lipinski definition) is 4. The number of nitrogens with zero attached hydrogens (tertiary/aromatic N) is 2. The van der Waals surface area contributed by atoms with Gasteiger partial charge in [-0.2, -0.15) is 7.77 Å². The Hall–Kier alpha value is -1.82. The molecule has 0 spiro atoms. The molecule has 2 heterocycles. The van der Waals surface area contributed by atoms with E-state index in [1.165, 1.54) is 4.90 Å². The van der Waals surface area contributed by atoms with E-state index in [9.17, 15) is 12.6 Å². The number of hydrogen-bond donors (Lipinski definition) is 0. The molecule has 4 aromatic carbocycles. The third-order valence-electron chi connectivity index (χ3n) is 8.66. The number of benzene rings is 4. The fraction of sp³-hybridized carbons (Fsp3) is 0.0909. The van der Waals surface area contributed by atoms with Gasteiger partial charge in [0, 0.05) is 31.5 Å². The van der Waals surface area contributed by atoms with Crippen molar-refractivity contribution in [1.82, 2.24) is 4.98 Å². The van der Waals surface area contributed by atoms with Crippen molar-refractivity contribution in [3.8, 4) is 0 Å². The second-order valence-corrected chi connectivity index (χ2v) is 15.1. The summed E-state index contributed by atoms with van der Waals surface area (Å²) in [6.07, 6.45) is 0. The van der Waals surface area contributed by atoms with E-state index in [1.807, 2.05) is 36.4 Å². The molecule has 2 aliphatic rings. The van der Waals surface area contributed by atoms with E-state index in [2.05, 4.69) is 51.9 Å². The maximum absolute atomic E-state index is 13.9. The lowest BCUT2D eigenvalue weighted by molar-refractivity contribution is 0.101. The first-order chi connectivity index (χ1) is 21.9. The van der Waals surface area contributed by atoms with Gasteiger partial charge in [-0.1, -0.05) is 84.7 Å². The van der Waals surface area contributed by atoms with Crippen LogP contribution in [-0.4, -0.2) is 10.9 Å². The molecule has 7 rings (SSSR count). The summed E-state index contributed by atoms with van der Waals surface area (Å²) in [5.74, 6) is -0.723. The van der Waals surface area contributed by atoms with E-state index in [1.54, 1.807) is 6.07 Å². The summed E-state index contributed by atoms with van der Waals surface area (Å²) in [7, 11) is 0. The summed E-state index contributed by atoms with van der Waals surface area (Å²) in [5.41, 5.74) is 5.31. The molecule has 1 amide bonds. The quantitative estimate of drug-likeness (QED) is 0.133. The fourth-order valence-electron chi connectivity index (χ4n) is 6.50. The van der Waals surface area contributed by atoms with E-state index < -0.39 is 5.91 Å². The Morgan fingerprint density at radius 2 is 1.48 bits per heavy atom. The van der Waals surface area contributed by atoms with Crippen molar-refractivity contribution in [1.29, 1.82) is 0 Å². The van der Waals surface area contributed by atoms with Gasteiger partial charge < -0.3 is 0 Å². The minimum atomic E-state index is -0.448. The number of amides is 1. The van der Waals surface area contributed by atoms with E-state index in [0.717, 1.165) is 38.6 Å². The standard InChI is InChI=1S/C33H16Br2Cl4F2N2OS2/c1-11-15-9-17-18(25(35)32(46-41)31(45-40)24(17)34)10-16(15)12(2)21(11)19-8-7-14-5-4-6-20(30(14)42-19)43-13(3)22-23(33(43)44)27(37)29(39)28(38)26(22)36/h4-10,12,21H,1,3H2,2H3. The van der Waals surface area contributed by atoms with E-state index in [4.69, 9.17) is 51.4 Å². The van der Waals surface area contributed by atoms with Crippen LogP contribution in [0.5, 0.6) is 0 Å². The Morgan fingerprint density at radius 3 is 2.11 bits per heavy atom. The second kappa shape index (κ2) is 11.9. The van der Waals surface area contributed by atoms with E-state index >= 15 is 0 Å². The molecule has 1 aromatic heterocycles. The van der Waals surface area contributed by atoms with Gasteiger partial charge in [-0.15, -0.1) is 0 Å². The van der Waals surface area contributed by atoms with Crippen LogP contribution < -0.4 is 4.90 Å². The van der Waals surface area contributed by atoms with Crippen LogP contribution in [0.4, 0.5) is 13.5 Å². The third kappa shape index (κ3) is 4.56. The third-order valence-corrected chi connectivity index (χ3v) is 13.9. The zero-order valence-corrected chi connectivity index (χ0v) is 31.1. The average Bonchev–Trinajstić information content (AvgIpc) is 3.46. The molecule has 3 nitrogen and oxygen atoms in total. The van der Waals surface area contributed by atoms with Crippen LogP contribution in [0.15, 0.2) is 74.4 Å². The van der Waals surface area contributed by atoms with Crippen molar-refractivity contribution in [2.24, 2.45) is 0 Å². The number of allylic oxidation sites excluding steroid dienone is 1. The zero-order chi connectivity index (χ0) is 32.9. The van der Waals surface area contributed by atoms with E-state index in [-0.39, 0.29) is 71.6 Å². The van der Waals surface area contributed by atoms with Crippen molar-refractivity contribution < 1.29 is 12.6 Å². The first-order valence-corrected chi connectivity index (χ1v) is 18.0. The highest BCUT2D eigenvalue weighted by molar-refractivity contribution is 9.11. The summed E-state index contributed by atoms with van der Waals surface area (Å²) in [6.45, 7) is 10.7. The average molecular weight is 860 g/mol. The Morgan fingerprint density at radius 1 is 0.870 bits per heavy atom. The van der Waals surface area contributed by atoms with E-state index in [0.29, 0.717) is 31.4 Å². The van der Waals surface area contributed by atoms with Gasteiger partial charge in [0.2, 0.25) is 0 Å². The van der Waals surface area contributed by atoms with Crippen LogP contribution in [0.25, 0.3) is 32.9 Å². The molecule has 1 aliphatic carbocycles. The van der Waals surface area contributed by atoms with Gasteiger partial charge in [0.25, 0.3) is 5.91 Å². The lowest BCUT2D eigenvalue weighted by atomic mass is 9.89. The predicted octanol–water partition coefficient (Wildman–Crippen LogP) is 14.0. The number of pyridine rings is 1. The monoisotopic (exact) mass is 856 g/mol. The number of para-hydroxylation sites is 1. The highest BCUT2D eigenvalue weighted by Crippen LogP contribution is 2.55. The minimum Gasteiger partial charge on any atom is -0.275 e. The minimum absolute atomic E-state index is 0.00237. The molecular weight excluding hydrogens is 844 g/mol. The van der Waals surface area contributed by atoms with Crippen molar-refractivity contribution in [2.75, 3.05) is 4.90 Å². The normalized spacial score (nSPS) is 17.5. The maximum Gasteiger partial charge on any atom is 0.265 e. The largest absolute Gasteiger partial charge is 0.275 e. The van der Waals surface area contributed by atoms with Crippen LogP contribution in [0.2, 0.25) is 20.1 Å². The highest BCUT2D eigenvalue weighted by Gasteiger charge is 2.40. The molecule has 0 radical (unpaired) electrons. The second-order valence-electron chi connectivity index (χ2n) is 10.9. The molecule has 232 valence electrons. The number of carbonyl (C=O) groups excluding carboxylic acids is 1. The summed E-state index contributed by atoms with van der Waals surface area (Å²) >= 11 is 32.7. The topological polar surface area (TPSA) is 33.2 Å². The number of halogens is 8. The van der Waals surface area contributed by atoms with Crippen LogP contribution in [0, 0.1) is 0 Å². The van der Waals surface area contributed by atoms with Gasteiger partial charge in [-0.05, 0) is 89.5 Å². The number of aromatic nitrogens is 1. The molecular formula is C33H16Br2Cl4F2N2OS2. The number of rotatable bonds is 4. The lowest BCUT2D eigenvalue weighted by Crippen LogP contribution is -2.22. The molecule has 0 saturated carbocycles. The predicted molar refractivity (Wildman–Crippen MR) is 198 cm³/mol. The Balaban J connectivity index is 1.36. The molecule has 2 atom stereocenters. The molecule has 46 heavy (non-hydrogen) atoms. The van der Waals surface area contributed by atoms with Crippen molar-refractivity contribution in [3.63, 3.8) is 0 Å². The molecule has 0 saturated heterocycles. The van der Waals surface area contributed by atoms with Gasteiger partial charge in [0.15, 0.2) is 0 Å². The van der Waals surface area contributed by atoms with Crippen molar-refractivity contribution in [3.05, 3.63) is 113 Å². The Kier molecular flexibility index (Phi) is 8.50. The van der Waals surface area contributed by atoms with Crippen LogP contribution in [0.3, 0.4) is 0 Å². The van der Waals surface area contributed by atoms with Gasteiger partial charge in [-0.3, -0.25) is 9.69 Å². The van der Waals surface area contributed by atoms with Crippen molar-refractivity contribution in [2.45, 2.75) is 28.6 Å². The van der Waals surface area contributed by atoms with Crippen LogP contribution in [0.1, 0.15) is 51.5 Å². The zero-order valence-electron chi connectivity index (χ0n) is 23.3. The Bertz CT molecular complexity index is 2220. The first kappa shape index (κ1) is 32.7. The van der Waals surface area contributed by atoms with Crippen LogP contribution in [-0.2, 0) is 0 Å². The summed E-state index contributed by atoms with van der Waals surface area (Å²) in [5, 5.41) is 2.41. The molecule has 13 heteroatoms. The first-order valence-electron chi connectivity index (χ1n) is 13.5. The lowest BCUT2D eigenvalue weighted by Gasteiger charge is -2.21. The van der Waals surface area contributed by atoms with Gasteiger partial charge in [-0.25, -0.2) is 4.98 Å². The molecule has 0 bridgehead atoms. The number of carbonyl (C=O) groups is 1. The number of anilines is 1. The highest BCUT2D eigenvalue weighted by atomic mass is 79.9. The molecule has 1 aliphatic heterocycles. The smallest absolute Gasteiger partial charge is 0.265 e. The number of fused-ring (bicyclic) bond motifs is 4. The molecule has 5 aromatic rings. The van der Waals surface area contributed by atoms with Crippen molar-refractivity contribution >= 4 is 147 Å². The SMILES string of the molecule is C=C1c2cc3c(Br)c(SF)c(SF)c(Br)c3cc2C(C)C1c1ccc2cccc(N3C(=C)c4c(Cl)c(Cl)c(Cl)c(Cl)c4C3=O)c2n1. The summed E-state index contributed by atoms with van der Waals surface area (Å²) in [6, 6.07) is 13.4.